The number of aromatic amines is 1. The van der Waals surface area contributed by atoms with Crippen molar-refractivity contribution in [2.75, 3.05) is 5.73 Å². The molecule has 1 heterocycles. The topological polar surface area (TPSA) is 76.7 Å². The fourth-order valence-corrected chi connectivity index (χ4v) is 2.76. The molecule has 0 aliphatic heterocycles. The van der Waals surface area contributed by atoms with Gasteiger partial charge < -0.3 is 5.73 Å². The number of aromatic nitrogens is 3. The van der Waals surface area contributed by atoms with Crippen molar-refractivity contribution in [3.63, 3.8) is 0 Å². The smallest absolute Gasteiger partial charge is 0.344 e. The van der Waals surface area contributed by atoms with Gasteiger partial charge in [-0.3, -0.25) is 4.57 Å². The van der Waals surface area contributed by atoms with Crippen LogP contribution in [0.1, 0.15) is 25.5 Å². The molecule has 2 aromatic rings. The molecule has 0 saturated carbocycles. The van der Waals surface area contributed by atoms with E-state index >= 15 is 0 Å². The van der Waals surface area contributed by atoms with Gasteiger partial charge in [-0.15, -0.1) is 5.10 Å². The Hall–Kier alpha value is -1.69. The van der Waals surface area contributed by atoms with Crippen LogP contribution in [0.3, 0.4) is 0 Å². The molecule has 0 atom stereocenters. The van der Waals surface area contributed by atoms with Gasteiger partial charge in [0.2, 0.25) is 0 Å². The number of nitrogens with zero attached hydrogens (tertiary/aromatic N) is 2. The highest BCUT2D eigenvalue weighted by Crippen LogP contribution is 2.32. The van der Waals surface area contributed by atoms with Crippen molar-refractivity contribution in [2.45, 2.75) is 36.9 Å². The Kier molecular flexibility index (Phi) is 3.47. The molecule has 3 N–H and O–H groups in total. The molecule has 96 valence electrons. The third kappa shape index (κ3) is 2.28. The zero-order chi connectivity index (χ0) is 13.3. The van der Waals surface area contributed by atoms with Crippen molar-refractivity contribution >= 4 is 17.4 Å². The maximum Gasteiger partial charge on any atom is 0.344 e. The van der Waals surface area contributed by atoms with Crippen molar-refractivity contribution < 1.29 is 0 Å². The van der Waals surface area contributed by atoms with E-state index < -0.39 is 0 Å². The van der Waals surface area contributed by atoms with E-state index in [1.54, 1.807) is 4.57 Å². The summed E-state index contributed by atoms with van der Waals surface area (Å²) in [7, 11) is 0. The molecule has 18 heavy (non-hydrogen) atoms. The van der Waals surface area contributed by atoms with Crippen LogP contribution in [0.5, 0.6) is 0 Å². The normalized spacial score (nSPS) is 11.1. The van der Waals surface area contributed by atoms with Gasteiger partial charge in [0.1, 0.15) is 0 Å². The Bertz CT molecular complexity index is 615. The quantitative estimate of drug-likeness (QED) is 0.833. The van der Waals surface area contributed by atoms with E-state index in [1.165, 1.54) is 11.8 Å². The van der Waals surface area contributed by atoms with E-state index in [0.29, 0.717) is 5.16 Å². The summed E-state index contributed by atoms with van der Waals surface area (Å²) in [5.41, 5.74) is 7.57. The van der Waals surface area contributed by atoms with Crippen LogP contribution in [0.4, 0.5) is 5.69 Å². The number of anilines is 1. The molecule has 0 aliphatic carbocycles. The highest BCUT2D eigenvalue weighted by molar-refractivity contribution is 7.99. The molecule has 0 aliphatic rings. The minimum Gasteiger partial charge on any atom is -0.398 e. The Morgan fingerprint density at radius 2 is 2.17 bits per heavy atom. The third-order valence-electron chi connectivity index (χ3n) is 2.67. The monoisotopic (exact) mass is 264 g/mol. The zero-order valence-electron chi connectivity index (χ0n) is 10.6. The summed E-state index contributed by atoms with van der Waals surface area (Å²) in [5, 5.41) is 7.14. The molecule has 0 spiro atoms. The van der Waals surface area contributed by atoms with Gasteiger partial charge in [-0.05, 0) is 44.2 Å². The lowest BCUT2D eigenvalue weighted by Gasteiger charge is -2.10. The second kappa shape index (κ2) is 4.89. The fraction of sp³-hybridized carbons (Fsp3) is 0.333. The first-order chi connectivity index (χ1) is 8.50. The van der Waals surface area contributed by atoms with Crippen molar-refractivity contribution in [3.05, 3.63) is 34.2 Å². The van der Waals surface area contributed by atoms with Crippen molar-refractivity contribution in [2.24, 2.45) is 0 Å². The van der Waals surface area contributed by atoms with Gasteiger partial charge in [-0.1, -0.05) is 12.1 Å². The SMILES string of the molecule is Cc1cccc(Sc2n[nH]c(=O)n2C(C)C)c1N. The molecule has 2 rings (SSSR count). The molecule has 0 unspecified atom stereocenters. The van der Waals surface area contributed by atoms with Gasteiger partial charge in [0, 0.05) is 16.6 Å². The molecule has 5 nitrogen and oxygen atoms in total. The standard InChI is InChI=1S/C12H16N4OS/c1-7(2)16-11(17)14-15-12(16)18-9-6-4-5-8(3)10(9)13/h4-7H,13H2,1-3H3,(H,14,17). The number of hydrogen-bond donors (Lipinski definition) is 2. The van der Waals surface area contributed by atoms with E-state index in [2.05, 4.69) is 10.2 Å². The number of rotatable bonds is 3. The van der Waals surface area contributed by atoms with Crippen LogP contribution in [0, 0.1) is 6.92 Å². The lowest BCUT2D eigenvalue weighted by atomic mass is 10.2. The van der Waals surface area contributed by atoms with Gasteiger partial charge in [0.15, 0.2) is 5.16 Å². The predicted octanol–water partition coefficient (Wildman–Crippen LogP) is 2.19. The molecular weight excluding hydrogens is 248 g/mol. The largest absolute Gasteiger partial charge is 0.398 e. The van der Waals surface area contributed by atoms with E-state index in [0.717, 1.165) is 16.1 Å². The summed E-state index contributed by atoms with van der Waals surface area (Å²) < 4.78 is 1.62. The van der Waals surface area contributed by atoms with Crippen LogP contribution in [-0.4, -0.2) is 14.8 Å². The molecular formula is C12H16N4OS. The molecule has 0 bridgehead atoms. The number of nitrogen functional groups attached to an aromatic ring is 1. The number of para-hydroxylation sites is 1. The second-order valence-corrected chi connectivity index (χ2v) is 5.37. The highest BCUT2D eigenvalue weighted by Gasteiger charge is 2.14. The Morgan fingerprint density at radius 1 is 1.44 bits per heavy atom. The van der Waals surface area contributed by atoms with Crippen LogP contribution >= 0.6 is 11.8 Å². The summed E-state index contributed by atoms with van der Waals surface area (Å²) in [6, 6.07) is 5.89. The summed E-state index contributed by atoms with van der Waals surface area (Å²) >= 11 is 1.40. The molecule has 6 heteroatoms. The van der Waals surface area contributed by atoms with Gasteiger partial charge >= 0.3 is 5.69 Å². The number of nitrogens with two attached hydrogens (primary N) is 1. The molecule has 1 aromatic heterocycles. The third-order valence-corrected chi connectivity index (χ3v) is 3.72. The number of nitrogens with one attached hydrogen (secondary N) is 1. The molecule has 0 amide bonds. The zero-order valence-corrected chi connectivity index (χ0v) is 11.4. The van der Waals surface area contributed by atoms with E-state index in [4.69, 9.17) is 5.73 Å². The number of hydrogen-bond acceptors (Lipinski definition) is 4. The van der Waals surface area contributed by atoms with Crippen LogP contribution < -0.4 is 11.4 Å². The Balaban J connectivity index is 2.41. The molecule has 1 aromatic carbocycles. The summed E-state index contributed by atoms with van der Waals surface area (Å²) in [4.78, 5) is 12.5. The average molecular weight is 264 g/mol. The lowest BCUT2D eigenvalue weighted by molar-refractivity contribution is 0.534. The fourth-order valence-electron chi connectivity index (χ4n) is 1.66. The Morgan fingerprint density at radius 3 is 2.83 bits per heavy atom. The van der Waals surface area contributed by atoms with Crippen molar-refractivity contribution in [1.29, 1.82) is 0 Å². The first-order valence-electron chi connectivity index (χ1n) is 5.70. The van der Waals surface area contributed by atoms with Gasteiger partial charge in [-0.25, -0.2) is 9.89 Å². The van der Waals surface area contributed by atoms with Gasteiger partial charge in [0.25, 0.3) is 0 Å². The maximum absolute atomic E-state index is 11.6. The first kappa shape index (κ1) is 12.8. The summed E-state index contributed by atoms with van der Waals surface area (Å²) in [6.07, 6.45) is 0. The van der Waals surface area contributed by atoms with Crippen LogP contribution in [0.15, 0.2) is 33.0 Å². The second-order valence-electron chi connectivity index (χ2n) is 4.36. The van der Waals surface area contributed by atoms with Crippen molar-refractivity contribution in [3.8, 4) is 0 Å². The van der Waals surface area contributed by atoms with Crippen LogP contribution in [-0.2, 0) is 0 Å². The lowest BCUT2D eigenvalue weighted by Crippen LogP contribution is -2.19. The van der Waals surface area contributed by atoms with Gasteiger partial charge in [0.05, 0.1) is 0 Å². The maximum atomic E-state index is 11.6. The van der Waals surface area contributed by atoms with E-state index in [9.17, 15) is 4.79 Å². The van der Waals surface area contributed by atoms with E-state index in [-0.39, 0.29) is 11.7 Å². The van der Waals surface area contributed by atoms with Gasteiger partial charge in [-0.2, -0.15) is 0 Å². The predicted molar refractivity (Wildman–Crippen MR) is 72.9 cm³/mol. The average Bonchev–Trinajstić information content (AvgIpc) is 2.66. The van der Waals surface area contributed by atoms with Crippen LogP contribution in [0.25, 0.3) is 0 Å². The van der Waals surface area contributed by atoms with E-state index in [1.807, 2.05) is 39.0 Å². The molecule has 0 fully saturated rings. The summed E-state index contributed by atoms with van der Waals surface area (Å²) in [6.45, 7) is 5.85. The summed E-state index contributed by atoms with van der Waals surface area (Å²) in [5.74, 6) is 0. The molecule has 0 radical (unpaired) electrons. The molecule has 0 saturated heterocycles. The van der Waals surface area contributed by atoms with Crippen molar-refractivity contribution in [1.82, 2.24) is 14.8 Å². The van der Waals surface area contributed by atoms with Crippen LogP contribution in [0.2, 0.25) is 0 Å². The number of aryl methyl sites for hydroxylation is 1. The Labute approximate surface area is 109 Å². The number of H-pyrrole nitrogens is 1. The first-order valence-corrected chi connectivity index (χ1v) is 6.52. The minimum atomic E-state index is -0.196. The minimum absolute atomic E-state index is 0.0600. The number of benzene rings is 1. The highest BCUT2D eigenvalue weighted by atomic mass is 32.2.